The fourth-order valence-electron chi connectivity index (χ4n) is 1.99. The third-order valence-corrected chi connectivity index (χ3v) is 3.22. The van der Waals surface area contributed by atoms with Crippen LogP contribution in [0.2, 0.25) is 0 Å². The molecular weight excluding hydrogens is 236 g/mol. The lowest BCUT2D eigenvalue weighted by Gasteiger charge is -2.13. The standard InChI is InChI=1S/C16H20N2O/c1-13(14-6-4-3-5-7-14)10-11-17-15-8-9-16(19-2)18-12-15/h3-9,12-13,17H,10-11H2,1-2H3. The first-order valence-corrected chi connectivity index (χ1v) is 6.58. The van der Waals surface area contributed by atoms with Gasteiger partial charge in [-0.15, -0.1) is 0 Å². The summed E-state index contributed by atoms with van der Waals surface area (Å²) in [6, 6.07) is 14.4. The summed E-state index contributed by atoms with van der Waals surface area (Å²) in [5, 5.41) is 3.38. The maximum atomic E-state index is 5.03. The van der Waals surface area contributed by atoms with E-state index in [9.17, 15) is 0 Å². The van der Waals surface area contributed by atoms with Gasteiger partial charge in [0.1, 0.15) is 0 Å². The lowest BCUT2D eigenvalue weighted by Crippen LogP contribution is -2.06. The van der Waals surface area contributed by atoms with Crippen LogP contribution < -0.4 is 10.1 Å². The van der Waals surface area contributed by atoms with Crippen LogP contribution in [0.5, 0.6) is 5.88 Å². The van der Waals surface area contributed by atoms with E-state index >= 15 is 0 Å². The number of rotatable bonds is 6. The molecule has 0 saturated carbocycles. The van der Waals surface area contributed by atoms with Crippen LogP contribution >= 0.6 is 0 Å². The number of hydrogen-bond acceptors (Lipinski definition) is 3. The first kappa shape index (κ1) is 13.4. The lowest BCUT2D eigenvalue weighted by molar-refractivity contribution is 0.398. The molecule has 0 aliphatic heterocycles. The molecule has 0 fully saturated rings. The van der Waals surface area contributed by atoms with Crippen molar-refractivity contribution in [1.82, 2.24) is 4.98 Å². The van der Waals surface area contributed by atoms with Crippen molar-refractivity contribution in [3.63, 3.8) is 0 Å². The number of hydrogen-bond donors (Lipinski definition) is 1. The fraction of sp³-hybridized carbons (Fsp3) is 0.312. The molecule has 0 amide bonds. The van der Waals surface area contributed by atoms with E-state index in [1.165, 1.54) is 5.56 Å². The molecule has 0 radical (unpaired) electrons. The highest BCUT2D eigenvalue weighted by molar-refractivity contribution is 5.41. The first-order valence-electron chi connectivity index (χ1n) is 6.58. The molecule has 2 aromatic rings. The van der Waals surface area contributed by atoms with Crippen molar-refractivity contribution in [3.8, 4) is 5.88 Å². The van der Waals surface area contributed by atoms with E-state index in [2.05, 4.69) is 47.6 Å². The molecule has 1 aromatic carbocycles. The number of pyridine rings is 1. The van der Waals surface area contributed by atoms with Crippen molar-refractivity contribution in [2.24, 2.45) is 0 Å². The number of anilines is 1. The molecule has 3 nitrogen and oxygen atoms in total. The quantitative estimate of drug-likeness (QED) is 0.855. The highest BCUT2D eigenvalue weighted by atomic mass is 16.5. The van der Waals surface area contributed by atoms with Crippen LogP contribution in [0.4, 0.5) is 5.69 Å². The van der Waals surface area contributed by atoms with Crippen LogP contribution in [-0.2, 0) is 0 Å². The van der Waals surface area contributed by atoms with E-state index in [0.29, 0.717) is 11.8 Å². The molecule has 2 rings (SSSR count). The lowest BCUT2D eigenvalue weighted by atomic mass is 9.98. The van der Waals surface area contributed by atoms with Crippen LogP contribution in [0.1, 0.15) is 24.8 Å². The minimum atomic E-state index is 0.555. The molecule has 1 atom stereocenters. The number of benzene rings is 1. The van der Waals surface area contributed by atoms with Gasteiger partial charge in [-0.1, -0.05) is 37.3 Å². The van der Waals surface area contributed by atoms with Crippen molar-refractivity contribution < 1.29 is 4.74 Å². The zero-order valence-corrected chi connectivity index (χ0v) is 11.5. The Bertz CT molecular complexity index is 482. The van der Waals surface area contributed by atoms with E-state index in [0.717, 1.165) is 18.7 Å². The number of nitrogens with zero attached hydrogens (tertiary/aromatic N) is 1. The second kappa shape index (κ2) is 6.78. The Hall–Kier alpha value is -2.03. The molecule has 1 aromatic heterocycles. The van der Waals surface area contributed by atoms with Gasteiger partial charge < -0.3 is 10.1 Å². The predicted molar refractivity (Wildman–Crippen MR) is 78.8 cm³/mol. The normalized spacial score (nSPS) is 11.9. The van der Waals surface area contributed by atoms with Crippen molar-refractivity contribution in [3.05, 3.63) is 54.2 Å². The maximum Gasteiger partial charge on any atom is 0.213 e. The summed E-state index contributed by atoms with van der Waals surface area (Å²) in [6.45, 7) is 3.19. The topological polar surface area (TPSA) is 34.1 Å². The zero-order valence-electron chi connectivity index (χ0n) is 11.5. The monoisotopic (exact) mass is 256 g/mol. The highest BCUT2D eigenvalue weighted by Gasteiger charge is 2.04. The molecule has 0 aliphatic rings. The Labute approximate surface area is 114 Å². The van der Waals surface area contributed by atoms with Gasteiger partial charge in [0.05, 0.1) is 19.0 Å². The molecule has 3 heteroatoms. The Morgan fingerprint density at radius 3 is 2.58 bits per heavy atom. The van der Waals surface area contributed by atoms with E-state index in [4.69, 9.17) is 4.74 Å². The molecule has 0 aliphatic carbocycles. The van der Waals surface area contributed by atoms with Crippen LogP contribution in [0.3, 0.4) is 0 Å². The fourth-order valence-corrected chi connectivity index (χ4v) is 1.99. The molecule has 19 heavy (non-hydrogen) atoms. The highest BCUT2D eigenvalue weighted by Crippen LogP contribution is 2.18. The van der Waals surface area contributed by atoms with Gasteiger partial charge in [0, 0.05) is 12.6 Å². The van der Waals surface area contributed by atoms with Crippen LogP contribution in [-0.4, -0.2) is 18.6 Å². The Morgan fingerprint density at radius 1 is 1.16 bits per heavy atom. The van der Waals surface area contributed by atoms with Gasteiger partial charge in [0.25, 0.3) is 0 Å². The van der Waals surface area contributed by atoms with E-state index in [1.807, 2.05) is 12.1 Å². The molecule has 100 valence electrons. The molecule has 1 heterocycles. The van der Waals surface area contributed by atoms with Crippen molar-refractivity contribution >= 4 is 5.69 Å². The van der Waals surface area contributed by atoms with Crippen molar-refractivity contribution in [2.45, 2.75) is 19.3 Å². The Balaban J connectivity index is 1.79. The second-order valence-corrected chi connectivity index (χ2v) is 4.62. The van der Waals surface area contributed by atoms with Gasteiger partial charge in [-0.05, 0) is 24.0 Å². The summed E-state index contributed by atoms with van der Waals surface area (Å²) >= 11 is 0. The third kappa shape index (κ3) is 3.98. The average Bonchev–Trinajstić information content (AvgIpc) is 2.49. The van der Waals surface area contributed by atoms with Crippen molar-refractivity contribution in [2.75, 3.05) is 19.0 Å². The number of nitrogens with one attached hydrogen (secondary N) is 1. The van der Waals surface area contributed by atoms with Crippen LogP contribution in [0.25, 0.3) is 0 Å². The summed E-state index contributed by atoms with van der Waals surface area (Å²) in [5.41, 5.74) is 2.42. The van der Waals surface area contributed by atoms with Gasteiger partial charge in [-0.3, -0.25) is 0 Å². The molecule has 0 saturated heterocycles. The number of aromatic nitrogens is 1. The molecule has 0 bridgehead atoms. The summed E-state index contributed by atoms with van der Waals surface area (Å²) < 4.78 is 5.03. The first-order chi connectivity index (χ1) is 9.29. The molecule has 0 spiro atoms. The third-order valence-electron chi connectivity index (χ3n) is 3.22. The summed E-state index contributed by atoms with van der Waals surface area (Å²) in [5.74, 6) is 1.20. The average molecular weight is 256 g/mol. The van der Waals surface area contributed by atoms with Crippen molar-refractivity contribution in [1.29, 1.82) is 0 Å². The van der Waals surface area contributed by atoms with Crippen LogP contribution in [0, 0.1) is 0 Å². The van der Waals surface area contributed by atoms with Gasteiger partial charge in [0.2, 0.25) is 5.88 Å². The van der Waals surface area contributed by atoms with Gasteiger partial charge in [-0.25, -0.2) is 4.98 Å². The summed E-state index contributed by atoms with van der Waals surface area (Å²) in [4.78, 5) is 4.17. The Morgan fingerprint density at radius 2 is 1.95 bits per heavy atom. The predicted octanol–water partition coefficient (Wildman–Crippen LogP) is 3.70. The van der Waals surface area contributed by atoms with Gasteiger partial charge >= 0.3 is 0 Å². The number of methoxy groups -OCH3 is 1. The van der Waals surface area contributed by atoms with Gasteiger partial charge in [0.15, 0.2) is 0 Å². The molecular formula is C16H20N2O. The minimum absolute atomic E-state index is 0.555. The molecule has 1 unspecified atom stereocenters. The zero-order chi connectivity index (χ0) is 13.5. The minimum Gasteiger partial charge on any atom is -0.481 e. The van der Waals surface area contributed by atoms with E-state index < -0.39 is 0 Å². The summed E-state index contributed by atoms with van der Waals surface area (Å²) in [6.07, 6.45) is 2.89. The number of ether oxygens (including phenoxy) is 1. The summed E-state index contributed by atoms with van der Waals surface area (Å²) in [7, 11) is 1.62. The van der Waals surface area contributed by atoms with E-state index in [-0.39, 0.29) is 0 Å². The Kier molecular flexibility index (Phi) is 4.78. The van der Waals surface area contributed by atoms with E-state index in [1.54, 1.807) is 13.3 Å². The maximum absolute atomic E-state index is 5.03. The van der Waals surface area contributed by atoms with Crippen LogP contribution in [0.15, 0.2) is 48.7 Å². The van der Waals surface area contributed by atoms with Gasteiger partial charge in [-0.2, -0.15) is 0 Å². The SMILES string of the molecule is COc1ccc(NCCC(C)c2ccccc2)cn1. The second-order valence-electron chi connectivity index (χ2n) is 4.62. The smallest absolute Gasteiger partial charge is 0.213 e. The largest absolute Gasteiger partial charge is 0.481 e. The molecule has 1 N–H and O–H groups in total.